The Morgan fingerprint density at radius 1 is 1.33 bits per heavy atom. The van der Waals surface area contributed by atoms with Gasteiger partial charge in [-0.15, -0.1) is 0 Å². The van der Waals surface area contributed by atoms with E-state index in [4.69, 9.17) is 0 Å². The zero-order chi connectivity index (χ0) is 8.81. The van der Waals surface area contributed by atoms with Gasteiger partial charge in [-0.05, 0) is 9.49 Å². The summed E-state index contributed by atoms with van der Waals surface area (Å²) < 4.78 is 2.80. The van der Waals surface area contributed by atoms with Crippen LogP contribution in [0.5, 0.6) is 0 Å². The fourth-order valence-corrected chi connectivity index (χ4v) is 1.04. The lowest BCUT2D eigenvalue weighted by molar-refractivity contribution is 0.112. The minimum Gasteiger partial charge on any atom is -0.298 e. The molecule has 1 rings (SSSR count). The van der Waals surface area contributed by atoms with Crippen LogP contribution in [0.15, 0.2) is 24.3 Å². The number of hydrogen-bond acceptors (Lipinski definition) is 1. The van der Waals surface area contributed by atoms with Crippen LogP contribution in [0.3, 0.4) is 0 Å². The normalized spacial score (nSPS) is 8.42. The summed E-state index contributed by atoms with van der Waals surface area (Å²) in [5.41, 5.74) is 1.85. The predicted molar refractivity (Wildman–Crippen MR) is 57.3 cm³/mol. The first-order valence-corrected chi connectivity index (χ1v) is 4.57. The summed E-state index contributed by atoms with van der Waals surface area (Å²) in [6.45, 7) is 0. The monoisotopic (exact) mass is 270 g/mol. The number of hydrogen-bond donors (Lipinski definition) is 0. The quantitative estimate of drug-likeness (QED) is 0.458. The summed E-state index contributed by atoms with van der Waals surface area (Å²) in [6, 6.07) is 7.45. The van der Waals surface area contributed by atoms with Crippen LogP contribution in [-0.4, -0.2) is 6.29 Å². The van der Waals surface area contributed by atoms with Crippen LogP contribution in [0.25, 0.3) is 0 Å². The zero-order valence-electron chi connectivity index (χ0n) is 6.38. The molecule has 0 aliphatic carbocycles. The molecule has 0 fully saturated rings. The number of aldehydes is 1. The SMILES string of the molecule is O=Cc1ccc(CC#CI)cc1. The van der Waals surface area contributed by atoms with Gasteiger partial charge < -0.3 is 0 Å². The van der Waals surface area contributed by atoms with Crippen molar-refractivity contribution in [1.82, 2.24) is 0 Å². The van der Waals surface area contributed by atoms with Gasteiger partial charge in [-0.25, -0.2) is 0 Å². The lowest BCUT2D eigenvalue weighted by Gasteiger charge is -1.93. The Balaban J connectivity index is 2.75. The van der Waals surface area contributed by atoms with E-state index < -0.39 is 0 Å². The first-order valence-electron chi connectivity index (χ1n) is 3.49. The van der Waals surface area contributed by atoms with Crippen LogP contribution >= 0.6 is 22.6 Å². The molecule has 1 aromatic rings. The average Bonchev–Trinajstić information content (AvgIpc) is 2.15. The van der Waals surface area contributed by atoms with E-state index in [1.54, 1.807) is 12.1 Å². The van der Waals surface area contributed by atoms with Gasteiger partial charge in [-0.2, -0.15) is 0 Å². The maximum Gasteiger partial charge on any atom is 0.150 e. The molecule has 0 bridgehead atoms. The summed E-state index contributed by atoms with van der Waals surface area (Å²) in [7, 11) is 0. The second kappa shape index (κ2) is 4.94. The first-order chi connectivity index (χ1) is 5.86. The van der Waals surface area contributed by atoms with E-state index in [9.17, 15) is 4.79 Å². The van der Waals surface area contributed by atoms with Gasteiger partial charge >= 0.3 is 0 Å². The highest BCUT2D eigenvalue weighted by atomic mass is 127. The molecule has 0 saturated heterocycles. The molecule has 0 radical (unpaired) electrons. The number of halogens is 1. The lowest BCUT2D eigenvalue weighted by atomic mass is 10.1. The van der Waals surface area contributed by atoms with Crippen LogP contribution < -0.4 is 0 Å². The summed E-state index contributed by atoms with van der Waals surface area (Å²) in [6.07, 6.45) is 1.59. The minimum absolute atomic E-state index is 0.709. The second-order valence-corrected chi connectivity index (χ2v) is 2.85. The van der Waals surface area contributed by atoms with Crippen molar-refractivity contribution in [3.8, 4) is 9.85 Å². The van der Waals surface area contributed by atoms with E-state index in [0.29, 0.717) is 5.56 Å². The lowest BCUT2D eigenvalue weighted by Crippen LogP contribution is -1.83. The van der Waals surface area contributed by atoms with Gasteiger partial charge in [0.15, 0.2) is 0 Å². The molecule has 60 valence electrons. The van der Waals surface area contributed by atoms with Gasteiger partial charge in [-0.1, -0.05) is 30.2 Å². The summed E-state index contributed by atoms with van der Waals surface area (Å²) in [5, 5.41) is 0. The van der Waals surface area contributed by atoms with Gasteiger partial charge in [0.25, 0.3) is 0 Å². The number of carbonyl (C=O) groups excluding carboxylic acids is 1. The van der Waals surface area contributed by atoms with Crippen molar-refractivity contribution in [2.24, 2.45) is 0 Å². The fourth-order valence-electron chi connectivity index (χ4n) is 0.850. The van der Waals surface area contributed by atoms with Crippen LogP contribution in [0, 0.1) is 9.85 Å². The van der Waals surface area contributed by atoms with E-state index in [1.807, 2.05) is 34.7 Å². The summed E-state index contributed by atoms with van der Waals surface area (Å²) in [4.78, 5) is 10.3. The van der Waals surface area contributed by atoms with Crippen LogP contribution in [-0.2, 0) is 6.42 Å². The van der Waals surface area contributed by atoms with Crippen molar-refractivity contribution in [3.05, 3.63) is 35.4 Å². The van der Waals surface area contributed by atoms with E-state index >= 15 is 0 Å². The maximum absolute atomic E-state index is 10.3. The number of carbonyl (C=O) groups is 1. The predicted octanol–water partition coefficient (Wildman–Crippen LogP) is 2.44. The van der Waals surface area contributed by atoms with E-state index in [-0.39, 0.29) is 0 Å². The van der Waals surface area contributed by atoms with E-state index in [1.165, 1.54) is 0 Å². The van der Waals surface area contributed by atoms with Crippen molar-refractivity contribution in [2.75, 3.05) is 0 Å². The van der Waals surface area contributed by atoms with Crippen LogP contribution in [0.4, 0.5) is 0 Å². The highest BCUT2D eigenvalue weighted by Gasteiger charge is 1.90. The highest BCUT2D eigenvalue weighted by molar-refractivity contribution is 14.1. The smallest absolute Gasteiger partial charge is 0.150 e. The molecular weight excluding hydrogens is 263 g/mol. The fraction of sp³-hybridized carbons (Fsp3) is 0.100. The Bertz CT molecular complexity index is 316. The van der Waals surface area contributed by atoms with Crippen molar-refractivity contribution in [2.45, 2.75) is 6.42 Å². The molecule has 0 N–H and O–H groups in total. The molecule has 2 heteroatoms. The third-order valence-electron chi connectivity index (χ3n) is 1.48. The van der Waals surface area contributed by atoms with Crippen molar-refractivity contribution in [1.29, 1.82) is 0 Å². The van der Waals surface area contributed by atoms with E-state index in [0.717, 1.165) is 18.3 Å². The highest BCUT2D eigenvalue weighted by Crippen LogP contribution is 2.02. The third-order valence-corrected chi connectivity index (χ3v) is 1.86. The molecule has 0 unspecified atom stereocenters. The Morgan fingerprint density at radius 2 is 2.00 bits per heavy atom. The van der Waals surface area contributed by atoms with Crippen LogP contribution in [0.2, 0.25) is 0 Å². The van der Waals surface area contributed by atoms with Crippen molar-refractivity contribution in [3.63, 3.8) is 0 Å². The molecular formula is C10H7IO. The molecule has 0 amide bonds. The molecule has 0 spiro atoms. The minimum atomic E-state index is 0.709. The molecule has 0 aromatic heterocycles. The van der Waals surface area contributed by atoms with Gasteiger partial charge in [0, 0.05) is 34.6 Å². The Morgan fingerprint density at radius 3 is 2.50 bits per heavy atom. The molecule has 1 aromatic carbocycles. The molecule has 12 heavy (non-hydrogen) atoms. The summed E-state index contributed by atoms with van der Waals surface area (Å²) >= 11 is 2.01. The topological polar surface area (TPSA) is 17.1 Å². The molecule has 1 nitrogen and oxygen atoms in total. The number of rotatable bonds is 2. The molecule has 0 saturated carbocycles. The van der Waals surface area contributed by atoms with Crippen LogP contribution in [0.1, 0.15) is 15.9 Å². The number of benzene rings is 1. The Labute approximate surface area is 85.3 Å². The molecule has 0 atom stereocenters. The zero-order valence-corrected chi connectivity index (χ0v) is 8.54. The van der Waals surface area contributed by atoms with E-state index in [2.05, 4.69) is 9.85 Å². The van der Waals surface area contributed by atoms with Gasteiger partial charge in [0.05, 0.1) is 0 Å². The maximum atomic E-state index is 10.3. The summed E-state index contributed by atoms with van der Waals surface area (Å²) in [5.74, 6) is 2.95. The van der Waals surface area contributed by atoms with Gasteiger partial charge in [0.1, 0.15) is 6.29 Å². The largest absolute Gasteiger partial charge is 0.298 e. The third kappa shape index (κ3) is 2.67. The first kappa shape index (κ1) is 9.27. The second-order valence-electron chi connectivity index (χ2n) is 2.31. The Hall–Kier alpha value is -0.820. The molecule has 0 aliphatic heterocycles. The standard InChI is InChI=1S/C10H7IO/c11-7-1-2-9-3-5-10(8-12)6-4-9/h3-6,8H,2H2. The molecule has 0 heterocycles. The molecule has 0 aliphatic rings. The Kier molecular flexibility index (Phi) is 3.81. The van der Waals surface area contributed by atoms with Crippen molar-refractivity contribution < 1.29 is 4.79 Å². The van der Waals surface area contributed by atoms with Crippen molar-refractivity contribution >= 4 is 28.9 Å². The van der Waals surface area contributed by atoms with Gasteiger partial charge in [0.2, 0.25) is 0 Å². The van der Waals surface area contributed by atoms with Gasteiger partial charge in [-0.3, -0.25) is 4.79 Å². The average molecular weight is 270 g/mol.